The van der Waals surface area contributed by atoms with Crippen molar-refractivity contribution in [3.63, 3.8) is 0 Å². The average Bonchev–Trinajstić information content (AvgIpc) is 2.52. The molecule has 14 heavy (non-hydrogen) atoms. The molecule has 0 spiro atoms. The van der Waals surface area contributed by atoms with Gasteiger partial charge in [0, 0.05) is 18.5 Å². The van der Waals surface area contributed by atoms with Crippen molar-refractivity contribution in [2.45, 2.75) is 39.7 Å². The number of thiocarbonyl (C=S) groups is 1. The van der Waals surface area contributed by atoms with Gasteiger partial charge in [0.15, 0.2) is 0 Å². The van der Waals surface area contributed by atoms with Crippen LogP contribution in [0.1, 0.15) is 33.6 Å². The fourth-order valence-corrected chi connectivity index (χ4v) is 2.35. The summed E-state index contributed by atoms with van der Waals surface area (Å²) in [7, 11) is 0. The molecule has 1 fully saturated rings. The van der Waals surface area contributed by atoms with Crippen LogP contribution in [-0.2, 0) is 0 Å². The molecule has 0 aromatic carbocycles. The van der Waals surface area contributed by atoms with Crippen LogP contribution in [0.5, 0.6) is 0 Å². The molecule has 1 aliphatic rings. The second kappa shape index (κ2) is 5.08. The van der Waals surface area contributed by atoms with Crippen LogP contribution in [0, 0.1) is 11.8 Å². The predicted molar refractivity (Wildman–Crippen MR) is 65.4 cm³/mol. The van der Waals surface area contributed by atoms with E-state index >= 15 is 0 Å². The smallest absolute Gasteiger partial charge is 0.0768 e. The van der Waals surface area contributed by atoms with Gasteiger partial charge in [-0.2, -0.15) is 0 Å². The van der Waals surface area contributed by atoms with Crippen molar-refractivity contribution < 1.29 is 0 Å². The summed E-state index contributed by atoms with van der Waals surface area (Å²) in [6.07, 6.45) is 2.66. The Morgan fingerprint density at radius 2 is 2.14 bits per heavy atom. The van der Waals surface area contributed by atoms with Crippen LogP contribution >= 0.6 is 12.2 Å². The third kappa shape index (κ3) is 2.92. The highest BCUT2D eigenvalue weighted by Crippen LogP contribution is 2.24. The molecule has 0 radical (unpaired) electrons. The predicted octanol–water partition coefficient (Wildman–Crippen LogP) is 2.03. The summed E-state index contributed by atoms with van der Waals surface area (Å²) >= 11 is 5.01. The largest absolute Gasteiger partial charge is 0.393 e. The van der Waals surface area contributed by atoms with Gasteiger partial charge >= 0.3 is 0 Å². The summed E-state index contributed by atoms with van der Waals surface area (Å²) in [6, 6.07) is 0.742. The molecule has 0 aliphatic carbocycles. The average molecular weight is 214 g/mol. The van der Waals surface area contributed by atoms with Crippen LogP contribution in [0.2, 0.25) is 0 Å². The molecule has 2 atom stereocenters. The highest BCUT2D eigenvalue weighted by atomic mass is 32.1. The fraction of sp³-hybridized carbons (Fsp3) is 0.909. The lowest BCUT2D eigenvalue weighted by atomic mass is 10.0. The minimum absolute atomic E-state index is 0.351. The number of likely N-dealkylation sites (tertiary alicyclic amines) is 1. The Kier molecular flexibility index (Phi) is 4.32. The molecule has 1 rings (SSSR count). The van der Waals surface area contributed by atoms with E-state index in [-0.39, 0.29) is 0 Å². The first-order chi connectivity index (χ1) is 6.52. The molecule has 1 aliphatic heterocycles. The van der Waals surface area contributed by atoms with Gasteiger partial charge in [-0.25, -0.2) is 0 Å². The van der Waals surface area contributed by atoms with E-state index in [0.29, 0.717) is 10.9 Å². The quantitative estimate of drug-likeness (QED) is 0.726. The zero-order valence-electron chi connectivity index (χ0n) is 9.49. The van der Waals surface area contributed by atoms with Gasteiger partial charge in [0.05, 0.1) is 4.99 Å². The van der Waals surface area contributed by atoms with Gasteiger partial charge in [0.1, 0.15) is 0 Å². The van der Waals surface area contributed by atoms with Gasteiger partial charge in [-0.15, -0.1) is 0 Å². The van der Waals surface area contributed by atoms with Crippen molar-refractivity contribution in [3.05, 3.63) is 0 Å². The molecule has 2 N–H and O–H groups in total. The van der Waals surface area contributed by atoms with Crippen molar-refractivity contribution in [1.82, 2.24) is 4.90 Å². The van der Waals surface area contributed by atoms with E-state index in [1.165, 1.54) is 19.4 Å². The molecule has 0 aromatic heterocycles. The fourth-order valence-electron chi connectivity index (χ4n) is 2.28. The zero-order chi connectivity index (χ0) is 10.7. The van der Waals surface area contributed by atoms with Gasteiger partial charge < -0.3 is 5.73 Å². The lowest BCUT2D eigenvalue weighted by molar-refractivity contribution is 0.196. The van der Waals surface area contributed by atoms with Crippen LogP contribution in [0.3, 0.4) is 0 Å². The summed E-state index contributed by atoms with van der Waals surface area (Å²) < 4.78 is 0. The van der Waals surface area contributed by atoms with Crippen LogP contribution in [0.25, 0.3) is 0 Å². The summed E-state index contributed by atoms with van der Waals surface area (Å²) in [4.78, 5) is 3.20. The summed E-state index contributed by atoms with van der Waals surface area (Å²) in [5, 5.41) is 0. The highest BCUT2D eigenvalue weighted by molar-refractivity contribution is 7.80. The second-order valence-corrected chi connectivity index (χ2v) is 5.22. The van der Waals surface area contributed by atoms with Gasteiger partial charge in [0.25, 0.3) is 0 Å². The Labute approximate surface area is 92.8 Å². The molecule has 0 aromatic rings. The Morgan fingerprint density at radius 3 is 2.64 bits per heavy atom. The van der Waals surface area contributed by atoms with E-state index in [1.807, 2.05) is 0 Å². The SMILES string of the molecule is CC(CN1CCCC1C(C)C)C(N)=S. The van der Waals surface area contributed by atoms with E-state index in [4.69, 9.17) is 18.0 Å². The third-order valence-corrected chi connectivity index (χ3v) is 3.58. The van der Waals surface area contributed by atoms with Crippen molar-refractivity contribution in [1.29, 1.82) is 0 Å². The first-order valence-electron chi connectivity index (χ1n) is 5.55. The molecule has 2 unspecified atom stereocenters. The van der Waals surface area contributed by atoms with E-state index in [0.717, 1.165) is 18.5 Å². The Bertz CT molecular complexity index is 203. The highest BCUT2D eigenvalue weighted by Gasteiger charge is 2.28. The Hall–Kier alpha value is -0.150. The van der Waals surface area contributed by atoms with Crippen molar-refractivity contribution >= 4 is 17.2 Å². The Balaban J connectivity index is 2.47. The van der Waals surface area contributed by atoms with Crippen LogP contribution < -0.4 is 5.73 Å². The maximum atomic E-state index is 5.64. The lowest BCUT2D eigenvalue weighted by Gasteiger charge is -2.29. The molecular formula is C11H22N2S. The summed E-state index contributed by atoms with van der Waals surface area (Å²) in [5.74, 6) is 1.10. The van der Waals surface area contributed by atoms with Gasteiger partial charge in [-0.3, -0.25) is 4.90 Å². The molecule has 82 valence electrons. The molecule has 3 heteroatoms. The van der Waals surface area contributed by atoms with Crippen LogP contribution in [0.4, 0.5) is 0 Å². The number of rotatable bonds is 4. The molecule has 0 saturated carbocycles. The van der Waals surface area contributed by atoms with Crippen molar-refractivity contribution in [2.24, 2.45) is 17.6 Å². The second-order valence-electron chi connectivity index (χ2n) is 4.75. The maximum absolute atomic E-state index is 5.64. The van der Waals surface area contributed by atoms with Crippen LogP contribution in [-0.4, -0.2) is 29.0 Å². The van der Waals surface area contributed by atoms with Gasteiger partial charge in [0.2, 0.25) is 0 Å². The Morgan fingerprint density at radius 1 is 1.50 bits per heavy atom. The number of hydrogen-bond acceptors (Lipinski definition) is 2. The maximum Gasteiger partial charge on any atom is 0.0768 e. The zero-order valence-corrected chi connectivity index (χ0v) is 10.3. The summed E-state index contributed by atoms with van der Waals surface area (Å²) in [6.45, 7) is 8.98. The molecular weight excluding hydrogens is 192 g/mol. The topological polar surface area (TPSA) is 29.3 Å². The van der Waals surface area contributed by atoms with E-state index in [2.05, 4.69) is 25.7 Å². The van der Waals surface area contributed by atoms with Crippen molar-refractivity contribution in [3.8, 4) is 0 Å². The van der Waals surface area contributed by atoms with Gasteiger partial charge in [-0.1, -0.05) is 33.0 Å². The standard InChI is InChI=1S/C11H22N2S/c1-8(2)10-5-4-6-13(10)7-9(3)11(12)14/h8-10H,4-7H2,1-3H3,(H2,12,14). The van der Waals surface area contributed by atoms with E-state index in [1.54, 1.807) is 0 Å². The summed E-state index contributed by atoms with van der Waals surface area (Å²) in [5.41, 5.74) is 5.64. The molecule has 0 bridgehead atoms. The first kappa shape index (κ1) is 11.9. The lowest BCUT2D eigenvalue weighted by Crippen LogP contribution is -2.39. The van der Waals surface area contributed by atoms with Crippen molar-refractivity contribution in [2.75, 3.05) is 13.1 Å². The number of hydrogen-bond donors (Lipinski definition) is 1. The minimum atomic E-state index is 0.351. The normalized spacial score (nSPS) is 25.6. The number of nitrogens with two attached hydrogens (primary N) is 1. The molecule has 1 heterocycles. The van der Waals surface area contributed by atoms with Crippen LogP contribution in [0.15, 0.2) is 0 Å². The number of nitrogens with zero attached hydrogens (tertiary/aromatic N) is 1. The van der Waals surface area contributed by atoms with Gasteiger partial charge in [-0.05, 0) is 25.3 Å². The third-order valence-electron chi connectivity index (χ3n) is 3.18. The molecule has 0 amide bonds. The van der Waals surface area contributed by atoms with E-state index < -0.39 is 0 Å². The molecule has 2 nitrogen and oxygen atoms in total. The van der Waals surface area contributed by atoms with E-state index in [9.17, 15) is 0 Å². The first-order valence-corrected chi connectivity index (χ1v) is 5.96. The molecule has 1 saturated heterocycles. The minimum Gasteiger partial charge on any atom is -0.393 e. The monoisotopic (exact) mass is 214 g/mol.